The summed E-state index contributed by atoms with van der Waals surface area (Å²) in [6, 6.07) is 7.92. The van der Waals surface area contributed by atoms with E-state index in [0.717, 1.165) is 11.0 Å². The molecule has 2 rings (SSSR count). The molecule has 1 aromatic carbocycles. The number of H-pyrrole nitrogens is 2. The van der Waals surface area contributed by atoms with Crippen molar-refractivity contribution in [1.29, 1.82) is 0 Å². The summed E-state index contributed by atoms with van der Waals surface area (Å²) >= 11 is 8.25. The fourth-order valence-corrected chi connectivity index (χ4v) is 1.94. The van der Waals surface area contributed by atoms with Crippen LogP contribution in [0.4, 0.5) is 0 Å². The molecule has 0 bridgehead atoms. The van der Waals surface area contributed by atoms with Crippen LogP contribution in [0.15, 0.2) is 24.3 Å². The summed E-state index contributed by atoms with van der Waals surface area (Å²) in [7, 11) is 0. The number of hydrogen-bond donors (Lipinski definition) is 2. The molecule has 2 nitrogen and oxygen atoms in total. The minimum atomic E-state index is 0.682. The first-order valence-corrected chi connectivity index (χ1v) is 7.04. The van der Waals surface area contributed by atoms with Crippen LogP contribution in [0.5, 0.6) is 0 Å². The van der Waals surface area contributed by atoms with Gasteiger partial charge in [0.1, 0.15) is 0 Å². The van der Waals surface area contributed by atoms with Gasteiger partial charge in [0.15, 0.2) is 4.77 Å². The van der Waals surface area contributed by atoms with Crippen LogP contribution in [0.3, 0.4) is 0 Å². The fraction of sp³-hybridized carbons (Fsp3) is 0.417. The summed E-state index contributed by atoms with van der Waals surface area (Å²) in [6.07, 6.45) is 4.02. The van der Waals surface area contributed by atoms with Gasteiger partial charge in [-0.25, -0.2) is 0 Å². The number of hydrogen-bond acceptors (Lipinski definition) is 1. The molecule has 0 saturated heterocycles. The molecule has 0 fully saturated rings. The van der Waals surface area contributed by atoms with Gasteiger partial charge in [-0.3, -0.25) is 0 Å². The number of benzene rings is 1. The standard InChI is InChI=1S/C7H6N2S.C5H11Br/c10-7-8-5-3-1-2-4-6(5)9-7;1-2-3-4-5-6/h1-4H,(H2,8,9,10);2-5H2,1H3. The maximum absolute atomic E-state index is 4.90. The van der Waals surface area contributed by atoms with Crippen molar-refractivity contribution >= 4 is 39.2 Å². The highest BCUT2D eigenvalue weighted by Crippen LogP contribution is 2.06. The molecule has 88 valence electrons. The second-order valence-electron chi connectivity index (χ2n) is 3.52. The van der Waals surface area contributed by atoms with Gasteiger partial charge in [-0.1, -0.05) is 47.8 Å². The number of aromatic nitrogens is 2. The summed E-state index contributed by atoms with van der Waals surface area (Å²) in [5.74, 6) is 0. The molecule has 2 aromatic rings. The van der Waals surface area contributed by atoms with Crippen LogP contribution in [0, 0.1) is 4.77 Å². The lowest BCUT2D eigenvalue weighted by molar-refractivity contribution is 0.781. The SMILES string of the molecule is CCCCCBr.S=c1[nH]c2ccccc2[nH]1. The molecule has 0 radical (unpaired) electrons. The number of unbranched alkanes of at least 4 members (excludes halogenated alkanes) is 2. The molecule has 4 heteroatoms. The Bertz CT molecular complexity index is 421. The number of rotatable bonds is 3. The highest BCUT2D eigenvalue weighted by molar-refractivity contribution is 9.09. The van der Waals surface area contributed by atoms with Gasteiger partial charge in [-0.15, -0.1) is 0 Å². The molecule has 0 saturated carbocycles. The summed E-state index contributed by atoms with van der Waals surface area (Å²) in [5, 5.41) is 1.17. The van der Waals surface area contributed by atoms with Gasteiger partial charge in [-0.2, -0.15) is 0 Å². The lowest BCUT2D eigenvalue weighted by Crippen LogP contribution is -1.70. The Morgan fingerprint density at radius 2 is 1.69 bits per heavy atom. The van der Waals surface area contributed by atoms with Gasteiger partial charge >= 0.3 is 0 Å². The molecule has 0 aliphatic carbocycles. The number of alkyl halides is 1. The molecule has 16 heavy (non-hydrogen) atoms. The molecule has 0 unspecified atom stereocenters. The van der Waals surface area contributed by atoms with Crippen LogP contribution in [-0.2, 0) is 0 Å². The predicted molar refractivity (Wildman–Crippen MR) is 76.8 cm³/mol. The Balaban J connectivity index is 0.000000187. The van der Waals surface area contributed by atoms with E-state index in [1.165, 1.54) is 24.6 Å². The number of fused-ring (bicyclic) bond motifs is 1. The van der Waals surface area contributed by atoms with Crippen molar-refractivity contribution in [3.05, 3.63) is 29.0 Å². The maximum Gasteiger partial charge on any atom is 0.175 e. The third-order valence-electron chi connectivity index (χ3n) is 2.16. The van der Waals surface area contributed by atoms with E-state index in [9.17, 15) is 0 Å². The lowest BCUT2D eigenvalue weighted by atomic mass is 10.3. The molecule has 0 amide bonds. The highest BCUT2D eigenvalue weighted by Gasteiger charge is 1.90. The number of nitrogens with one attached hydrogen (secondary N) is 2. The van der Waals surface area contributed by atoms with Crippen molar-refractivity contribution in [3.8, 4) is 0 Å². The van der Waals surface area contributed by atoms with E-state index >= 15 is 0 Å². The first-order valence-electron chi connectivity index (χ1n) is 5.51. The molecule has 1 aromatic heterocycles. The van der Waals surface area contributed by atoms with Gasteiger partial charge < -0.3 is 9.97 Å². The third kappa shape index (κ3) is 4.49. The zero-order valence-electron chi connectivity index (χ0n) is 9.42. The Morgan fingerprint density at radius 3 is 2.06 bits per heavy atom. The minimum absolute atomic E-state index is 0.682. The number of aromatic amines is 2. The topological polar surface area (TPSA) is 31.6 Å². The van der Waals surface area contributed by atoms with Gasteiger partial charge in [0.05, 0.1) is 11.0 Å². The van der Waals surface area contributed by atoms with E-state index in [1.807, 2.05) is 24.3 Å². The Hall–Kier alpha value is -0.610. The van der Waals surface area contributed by atoms with Crippen molar-refractivity contribution < 1.29 is 0 Å². The average molecular weight is 301 g/mol. The Labute approximate surface area is 110 Å². The zero-order valence-corrected chi connectivity index (χ0v) is 11.8. The number of para-hydroxylation sites is 2. The second-order valence-corrected chi connectivity index (χ2v) is 4.72. The first kappa shape index (κ1) is 13.5. The molecule has 0 spiro atoms. The largest absolute Gasteiger partial charge is 0.331 e. The summed E-state index contributed by atoms with van der Waals surface area (Å²) < 4.78 is 0.682. The normalized spacial score (nSPS) is 9.88. The van der Waals surface area contributed by atoms with E-state index in [4.69, 9.17) is 12.2 Å². The summed E-state index contributed by atoms with van der Waals surface area (Å²) in [6.45, 7) is 2.21. The quantitative estimate of drug-likeness (QED) is 0.476. The minimum Gasteiger partial charge on any atom is -0.331 e. The van der Waals surface area contributed by atoms with Crippen molar-refractivity contribution in [2.24, 2.45) is 0 Å². The van der Waals surface area contributed by atoms with E-state index in [-0.39, 0.29) is 0 Å². The monoisotopic (exact) mass is 300 g/mol. The van der Waals surface area contributed by atoms with Crippen LogP contribution in [0.25, 0.3) is 11.0 Å². The van der Waals surface area contributed by atoms with Crippen molar-refractivity contribution in [1.82, 2.24) is 9.97 Å². The van der Waals surface area contributed by atoms with E-state index in [1.54, 1.807) is 0 Å². The van der Waals surface area contributed by atoms with Crippen molar-refractivity contribution in [3.63, 3.8) is 0 Å². The van der Waals surface area contributed by atoms with Crippen molar-refractivity contribution in [2.45, 2.75) is 26.2 Å². The van der Waals surface area contributed by atoms with Crippen LogP contribution in [0.2, 0.25) is 0 Å². The summed E-state index contributed by atoms with van der Waals surface area (Å²) in [4.78, 5) is 6.04. The first-order chi connectivity index (χ1) is 7.77. The van der Waals surface area contributed by atoms with E-state index < -0.39 is 0 Å². The maximum atomic E-state index is 4.90. The molecule has 1 heterocycles. The molecule has 0 aliphatic heterocycles. The molecular weight excluding hydrogens is 284 g/mol. The lowest BCUT2D eigenvalue weighted by Gasteiger charge is -1.85. The number of halogens is 1. The van der Waals surface area contributed by atoms with Gasteiger partial charge in [-0.05, 0) is 30.8 Å². The molecular formula is C12H17BrN2S. The fourth-order valence-electron chi connectivity index (χ4n) is 1.32. The molecule has 0 aliphatic rings. The zero-order chi connectivity index (χ0) is 11.8. The number of imidazole rings is 1. The van der Waals surface area contributed by atoms with Crippen LogP contribution < -0.4 is 0 Å². The van der Waals surface area contributed by atoms with Crippen LogP contribution in [-0.4, -0.2) is 15.3 Å². The van der Waals surface area contributed by atoms with Gasteiger partial charge in [0.25, 0.3) is 0 Å². The Morgan fingerprint density at radius 1 is 1.12 bits per heavy atom. The predicted octanol–water partition coefficient (Wildman–Crippen LogP) is 4.80. The summed E-state index contributed by atoms with van der Waals surface area (Å²) in [5.41, 5.74) is 2.13. The molecule has 0 atom stereocenters. The highest BCUT2D eigenvalue weighted by atomic mass is 79.9. The van der Waals surface area contributed by atoms with Gasteiger partial charge in [0.2, 0.25) is 0 Å². The second kappa shape index (κ2) is 7.63. The molecule has 2 N–H and O–H groups in total. The van der Waals surface area contributed by atoms with E-state index in [0.29, 0.717) is 4.77 Å². The van der Waals surface area contributed by atoms with E-state index in [2.05, 4.69) is 32.8 Å². The van der Waals surface area contributed by atoms with Crippen LogP contribution >= 0.6 is 28.1 Å². The Kier molecular flexibility index (Phi) is 6.42. The van der Waals surface area contributed by atoms with Crippen molar-refractivity contribution in [2.75, 3.05) is 5.33 Å². The third-order valence-corrected chi connectivity index (χ3v) is 2.93. The van der Waals surface area contributed by atoms with Gasteiger partial charge in [0, 0.05) is 5.33 Å². The smallest absolute Gasteiger partial charge is 0.175 e. The van der Waals surface area contributed by atoms with Crippen LogP contribution in [0.1, 0.15) is 26.2 Å². The average Bonchev–Trinajstić information content (AvgIpc) is 2.67.